The van der Waals surface area contributed by atoms with Gasteiger partial charge < -0.3 is 5.32 Å². The third-order valence-electron chi connectivity index (χ3n) is 3.38. The molecule has 2 heterocycles. The zero-order chi connectivity index (χ0) is 16.7. The van der Waals surface area contributed by atoms with Crippen molar-refractivity contribution in [3.05, 3.63) is 61.9 Å². The first-order chi connectivity index (χ1) is 10.9. The van der Waals surface area contributed by atoms with Crippen LogP contribution in [-0.4, -0.2) is 15.3 Å². The van der Waals surface area contributed by atoms with E-state index in [2.05, 4.69) is 26.2 Å². The third-order valence-corrected chi connectivity index (χ3v) is 4.51. The number of hydrogen-bond acceptors (Lipinski definition) is 2. The smallest absolute Gasteiger partial charge is 0.274 e. The van der Waals surface area contributed by atoms with Gasteiger partial charge in [-0.05, 0) is 59.6 Å². The van der Waals surface area contributed by atoms with Crippen LogP contribution in [0.2, 0.25) is 10.0 Å². The van der Waals surface area contributed by atoms with Crippen LogP contribution in [0, 0.1) is 13.8 Å². The third kappa shape index (κ3) is 3.09. The van der Waals surface area contributed by atoms with Crippen LogP contribution in [-0.2, 0) is 0 Å². The van der Waals surface area contributed by atoms with Crippen LogP contribution in [0.5, 0.6) is 0 Å². The molecule has 3 aromatic rings. The summed E-state index contributed by atoms with van der Waals surface area (Å²) in [5.74, 6) is -0.281. The van der Waals surface area contributed by atoms with Crippen molar-refractivity contribution < 1.29 is 4.79 Å². The van der Waals surface area contributed by atoms with E-state index in [0.717, 1.165) is 10.0 Å². The molecule has 1 aromatic carbocycles. The predicted octanol–water partition coefficient (Wildman–Crippen LogP) is 5.27. The molecule has 3 rings (SSSR count). The summed E-state index contributed by atoms with van der Waals surface area (Å²) in [5, 5.41) is 3.70. The van der Waals surface area contributed by atoms with Gasteiger partial charge in [-0.3, -0.25) is 9.20 Å². The number of benzene rings is 1. The molecule has 0 aliphatic rings. The maximum atomic E-state index is 12.7. The number of hydrogen-bond donors (Lipinski definition) is 1. The van der Waals surface area contributed by atoms with Crippen LogP contribution < -0.4 is 5.32 Å². The van der Waals surface area contributed by atoms with E-state index >= 15 is 0 Å². The van der Waals surface area contributed by atoms with Gasteiger partial charge >= 0.3 is 0 Å². The molecule has 1 amide bonds. The first-order valence-corrected chi connectivity index (χ1v) is 8.33. The van der Waals surface area contributed by atoms with E-state index < -0.39 is 0 Å². The number of imidazole rings is 1. The number of carbonyl (C=O) groups is 1. The Bertz CT molecular complexity index is 937. The molecule has 0 saturated carbocycles. The van der Waals surface area contributed by atoms with Gasteiger partial charge in [0.25, 0.3) is 5.91 Å². The predicted molar refractivity (Wildman–Crippen MR) is 96.8 cm³/mol. The monoisotopic (exact) mass is 411 g/mol. The Morgan fingerprint density at radius 2 is 2.00 bits per heavy atom. The highest BCUT2D eigenvalue weighted by Crippen LogP contribution is 2.27. The number of aryl methyl sites for hydroxylation is 2. The second-order valence-electron chi connectivity index (χ2n) is 5.18. The fourth-order valence-electron chi connectivity index (χ4n) is 2.39. The summed E-state index contributed by atoms with van der Waals surface area (Å²) < 4.78 is 2.61. The van der Waals surface area contributed by atoms with Crippen molar-refractivity contribution in [1.82, 2.24) is 9.38 Å². The van der Waals surface area contributed by atoms with Gasteiger partial charge in [0, 0.05) is 11.2 Å². The average molecular weight is 413 g/mol. The van der Waals surface area contributed by atoms with Gasteiger partial charge in [-0.15, -0.1) is 0 Å². The minimum atomic E-state index is -0.281. The highest BCUT2D eigenvalue weighted by Gasteiger charge is 2.19. The van der Waals surface area contributed by atoms with E-state index in [9.17, 15) is 4.79 Å². The quantitative estimate of drug-likeness (QED) is 0.622. The van der Waals surface area contributed by atoms with Gasteiger partial charge in [-0.1, -0.05) is 23.2 Å². The van der Waals surface area contributed by atoms with Crippen molar-refractivity contribution in [2.75, 3.05) is 5.32 Å². The fraction of sp³-hybridized carbons (Fsp3) is 0.125. The number of anilines is 1. The number of halogens is 3. The van der Waals surface area contributed by atoms with Crippen molar-refractivity contribution in [3.63, 3.8) is 0 Å². The minimum Gasteiger partial charge on any atom is -0.319 e. The Morgan fingerprint density at radius 1 is 1.26 bits per heavy atom. The fourth-order valence-corrected chi connectivity index (χ4v) is 3.49. The van der Waals surface area contributed by atoms with E-state index in [1.807, 2.05) is 19.2 Å². The van der Waals surface area contributed by atoms with E-state index in [1.54, 1.807) is 29.5 Å². The molecule has 2 aromatic heterocycles. The summed E-state index contributed by atoms with van der Waals surface area (Å²) in [4.78, 5) is 17.1. The highest BCUT2D eigenvalue weighted by molar-refractivity contribution is 9.10. The minimum absolute atomic E-state index is 0.281. The lowest BCUT2D eigenvalue weighted by atomic mass is 10.2. The SMILES string of the molecule is Cc1cc(Br)c2nc(C)c(C(=O)Nc3ccc(Cl)cc3Cl)n2c1. The van der Waals surface area contributed by atoms with Crippen molar-refractivity contribution in [2.24, 2.45) is 0 Å². The van der Waals surface area contributed by atoms with Crippen molar-refractivity contribution >= 4 is 56.4 Å². The van der Waals surface area contributed by atoms with Gasteiger partial charge in [0.05, 0.1) is 20.9 Å². The maximum Gasteiger partial charge on any atom is 0.274 e. The van der Waals surface area contributed by atoms with E-state index in [4.69, 9.17) is 23.2 Å². The Kier molecular flexibility index (Phi) is 4.36. The molecule has 0 bridgehead atoms. The Labute approximate surface area is 151 Å². The Hall–Kier alpha value is -1.56. The molecule has 0 aliphatic heterocycles. The topological polar surface area (TPSA) is 46.4 Å². The standard InChI is InChI=1S/C16H12BrCl2N3O/c1-8-5-11(17)15-20-9(2)14(22(15)7-8)16(23)21-13-4-3-10(18)6-12(13)19/h3-7H,1-2H3,(H,21,23). The number of aromatic nitrogens is 2. The maximum absolute atomic E-state index is 12.7. The molecular weight excluding hydrogens is 401 g/mol. The van der Waals surface area contributed by atoms with E-state index in [-0.39, 0.29) is 5.91 Å². The van der Waals surface area contributed by atoms with E-state index in [1.165, 1.54) is 0 Å². The Balaban J connectivity index is 2.06. The average Bonchev–Trinajstić information content (AvgIpc) is 2.78. The number of fused-ring (bicyclic) bond motifs is 1. The van der Waals surface area contributed by atoms with Crippen LogP contribution in [0.4, 0.5) is 5.69 Å². The largest absolute Gasteiger partial charge is 0.319 e. The molecule has 1 N–H and O–H groups in total. The van der Waals surface area contributed by atoms with Gasteiger partial charge in [0.2, 0.25) is 0 Å². The van der Waals surface area contributed by atoms with E-state index in [0.29, 0.717) is 32.8 Å². The molecule has 0 fully saturated rings. The number of nitrogens with one attached hydrogen (secondary N) is 1. The van der Waals surface area contributed by atoms with Gasteiger partial charge in [-0.25, -0.2) is 4.98 Å². The van der Waals surface area contributed by atoms with Crippen LogP contribution in [0.15, 0.2) is 34.9 Å². The molecule has 0 radical (unpaired) electrons. The molecule has 0 atom stereocenters. The normalized spacial score (nSPS) is 11.0. The zero-order valence-electron chi connectivity index (χ0n) is 12.3. The zero-order valence-corrected chi connectivity index (χ0v) is 15.4. The summed E-state index contributed by atoms with van der Waals surface area (Å²) in [6.07, 6.45) is 1.87. The lowest BCUT2D eigenvalue weighted by Crippen LogP contribution is -2.16. The van der Waals surface area contributed by atoms with Gasteiger partial charge in [0.15, 0.2) is 5.65 Å². The molecule has 4 nitrogen and oxygen atoms in total. The molecule has 7 heteroatoms. The molecule has 23 heavy (non-hydrogen) atoms. The summed E-state index contributed by atoms with van der Waals surface area (Å²) in [7, 11) is 0. The number of carbonyl (C=O) groups excluding carboxylic acids is 1. The first kappa shape index (κ1) is 16.3. The van der Waals surface area contributed by atoms with Gasteiger partial charge in [0.1, 0.15) is 5.69 Å². The summed E-state index contributed by atoms with van der Waals surface area (Å²) in [5.41, 5.74) is 3.32. The number of amides is 1. The van der Waals surface area contributed by atoms with Crippen LogP contribution in [0.1, 0.15) is 21.7 Å². The molecular formula is C16H12BrCl2N3O. The lowest BCUT2D eigenvalue weighted by Gasteiger charge is -2.09. The molecule has 0 aliphatic carbocycles. The molecule has 0 saturated heterocycles. The number of nitrogens with zero attached hydrogens (tertiary/aromatic N) is 2. The van der Waals surface area contributed by atoms with Crippen LogP contribution in [0.3, 0.4) is 0 Å². The molecule has 0 spiro atoms. The Morgan fingerprint density at radius 3 is 2.70 bits per heavy atom. The summed E-state index contributed by atoms with van der Waals surface area (Å²) >= 11 is 15.5. The van der Waals surface area contributed by atoms with Crippen molar-refractivity contribution in [2.45, 2.75) is 13.8 Å². The van der Waals surface area contributed by atoms with Crippen molar-refractivity contribution in [3.8, 4) is 0 Å². The molecule has 118 valence electrons. The van der Waals surface area contributed by atoms with Crippen molar-refractivity contribution in [1.29, 1.82) is 0 Å². The lowest BCUT2D eigenvalue weighted by molar-refractivity contribution is 0.102. The van der Waals surface area contributed by atoms with Gasteiger partial charge in [-0.2, -0.15) is 0 Å². The summed E-state index contributed by atoms with van der Waals surface area (Å²) in [6.45, 7) is 3.75. The first-order valence-electron chi connectivity index (χ1n) is 6.78. The number of rotatable bonds is 2. The highest BCUT2D eigenvalue weighted by atomic mass is 79.9. The number of pyridine rings is 1. The second kappa shape index (κ2) is 6.15. The second-order valence-corrected chi connectivity index (χ2v) is 6.88. The van der Waals surface area contributed by atoms with Crippen LogP contribution >= 0.6 is 39.1 Å². The summed E-state index contributed by atoms with van der Waals surface area (Å²) in [6, 6.07) is 6.88. The van der Waals surface area contributed by atoms with Crippen LogP contribution in [0.25, 0.3) is 5.65 Å². The molecule has 0 unspecified atom stereocenters.